The third-order valence-corrected chi connectivity index (χ3v) is 4.22. The molecule has 1 saturated heterocycles. The lowest BCUT2D eigenvalue weighted by atomic mass is 9.89. The van der Waals surface area contributed by atoms with Gasteiger partial charge < -0.3 is 14.2 Å². The van der Waals surface area contributed by atoms with Crippen LogP contribution in [-0.4, -0.2) is 19.8 Å². The predicted molar refractivity (Wildman–Crippen MR) is 84.9 cm³/mol. The molecule has 1 aliphatic rings. The fourth-order valence-corrected chi connectivity index (χ4v) is 3.19. The van der Waals surface area contributed by atoms with Gasteiger partial charge in [0.05, 0.1) is 19.8 Å². The maximum Gasteiger partial charge on any atom is 0.195 e. The lowest BCUT2D eigenvalue weighted by Crippen LogP contribution is -2.29. The van der Waals surface area contributed by atoms with E-state index in [9.17, 15) is 0 Å². The molecule has 0 spiro atoms. The Morgan fingerprint density at radius 1 is 1.05 bits per heavy atom. The molecule has 3 heteroatoms. The summed E-state index contributed by atoms with van der Waals surface area (Å²) in [5.74, 6) is 0.428. The minimum atomic E-state index is -0.559. The quantitative estimate of drug-likeness (QED) is 0.777. The number of benzene rings is 1. The molecule has 2 rings (SSSR count). The van der Waals surface area contributed by atoms with Gasteiger partial charge in [-0.1, -0.05) is 20.3 Å². The Hall–Kier alpha value is -1.06. The Morgan fingerprint density at radius 2 is 1.71 bits per heavy atom. The molecule has 0 aromatic heterocycles. The zero-order chi connectivity index (χ0) is 15.5. The average molecular weight is 292 g/mol. The molecule has 0 saturated carbocycles. The number of hydrogen-bond donors (Lipinski definition) is 0. The maximum atomic E-state index is 6.04. The van der Waals surface area contributed by atoms with Gasteiger partial charge in [-0.3, -0.25) is 0 Å². The summed E-state index contributed by atoms with van der Waals surface area (Å²) < 4.78 is 18.0. The second-order valence-corrected chi connectivity index (χ2v) is 5.86. The van der Waals surface area contributed by atoms with Crippen molar-refractivity contribution in [3.05, 3.63) is 28.3 Å². The van der Waals surface area contributed by atoms with Gasteiger partial charge in [0.25, 0.3) is 0 Å². The van der Waals surface area contributed by atoms with Crippen LogP contribution >= 0.6 is 0 Å². The molecule has 1 aromatic rings. The Kier molecular flexibility index (Phi) is 5.28. The molecular formula is C18H28O3. The Labute approximate surface area is 128 Å². The van der Waals surface area contributed by atoms with Crippen molar-refractivity contribution >= 4 is 0 Å². The van der Waals surface area contributed by atoms with Crippen LogP contribution in [0.5, 0.6) is 5.75 Å². The lowest BCUT2D eigenvalue weighted by Gasteiger charge is -2.32. The van der Waals surface area contributed by atoms with Crippen molar-refractivity contribution in [3.8, 4) is 5.75 Å². The molecule has 0 bridgehead atoms. The Morgan fingerprint density at radius 3 is 2.29 bits per heavy atom. The molecule has 3 nitrogen and oxygen atoms in total. The molecule has 0 radical (unpaired) electrons. The zero-order valence-electron chi connectivity index (χ0n) is 14.0. The zero-order valence-corrected chi connectivity index (χ0v) is 14.0. The minimum absolute atomic E-state index is 0.559. The van der Waals surface area contributed by atoms with E-state index in [-0.39, 0.29) is 0 Å². The van der Waals surface area contributed by atoms with Gasteiger partial charge in [0, 0.05) is 12.0 Å². The topological polar surface area (TPSA) is 27.7 Å². The van der Waals surface area contributed by atoms with Gasteiger partial charge in [0.15, 0.2) is 5.79 Å². The Balaban J connectivity index is 2.46. The van der Waals surface area contributed by atoms with Gasteiger partial charge in [0.1, 0.15) is 5.75 Å². The van der Waals surface area contributed by atoms with Gasteiger partial charge in [-0.25, -0.2) is 0 Å². The van der Waals surface area contributed by atoms with Crippen molar-refractivity contribution in [2.45, 2.75) is 59.7 Å². The number of rotatable bonds is 6. The van der Waals surface area contributed by atoms with Crippen LogP contribution in [0.2, 0.25) is 0 Å². The van der Waals surface area contributed by atoms with Crippen LogP contribution in [0.3, 0.4) is 0 Å². The second kappa shape index (κ2) is 6.80. The van der Waals surface area contributed by atoms with Gasteiger partial charge in [-0.15, -0.1) is 0 Å². The highest BCUT2D eigenvalue weighted by atomic mass is 16.7. The van der Waals surface area contributed by atoms with Gasteiger partial charge in [-0.2, -0.15) is 0 Å². The second-order valence-electron chi connectivity index (χ2n) is 5.86. The van der Waals surface area contributed by atoms with Gasteiger partial charge >= 0.3 is 0 Å². The molecule has 21 heavy (non-hydrogen) atoms. The fourth-order valence-electron chi connectivity index (χ4n) is 3.19. The van der Waals surface area contributed by atoms with Crippen LogP contribution in [0.4, 0.5) is 0 Å². The number of aryl methyl sites for hydroxylation is 1. The van der Waals surface area contributed by atoms with E-state index in [1.54, 1.807) is 0 Å². The molecule has 0 atom stereocenters. The van der Waals surface area contributed by atoms with E-state index >= 15 is 0 Å². The average Bonchev–Trinajstić information content (AvgIpc) is 2.91. The number of hydrogen-bond acceptors (Lipinski definition) is 3. The first-order valence-electron chi connectivity index (χ1n) is 8.07. The highest BCUT2D eigenvalue weighted by Crippen LogP contribution is 2.42. The predicted octanol–water partition coefficient (Wildman–Crippen LogP) is 4.40. The van der Waals surface area contributed by atoms with E-state index in [4.69, 9.17) is 14.2 Å². The van der Waals surface area contributed by atoms with Crippen LogP contribution in [-0.2, 0) is 15.3 Å². The normalized spacial score (nSPS) is 17.2. The van der Waals surface area contributed by atoms with E-state index in [1.807, 2.05) is 0 Å². The summed E-state index contributed by atoms with van der Waals surface area (Å²) in [4.78, 5) is 0. The molecule has 1 fully saturated rings. The third-order valence-electron chi connectivity index (χ3n) is 4.22. The van der Waals surface area contributed by atoms with Crippen molar-refractivity contribution in [2.75, 3.05) is 19.8 Å². The SMILES string of the molecule is CCCOc1cc(C)c(C2(CCC)OCCO2)c(C)c1C. The van der Waals surface area contributed by atoms with E-state index < -0.39 is 5.79 Å². The minimum Gasteiger partial charge on any atom is -0.493 e. The van der Waals surface area contributed by atoms with Crippen LogP contribution in [0.15, 0.2) is 6.07 Å². The maximum absolute atomic E-state index is 6.04. The smallest absolute Gasteiger partial charge is 0.195 e. The van der Waals surface area contributed by atoms with Crippen LogP contribution in [0, 0.1) is 20.8 Å². The largest absolute Gasteiger partial charge is 0.493 e. The summed E-state index contributed by atoms with van der Waals surface area (Å²) in [6.07, 6.45) is 2.95. The standard InChI is InChI=1S/C18H28O3/c1-6-8-18(20-10-11-21-18)17-13(3)12-16(19-9-7-2)14(4)15(17)5/h12H,6-11H2,1-5H3. The van der Waals surface area contributed by atoms with E-state index in [0.717, 1.165) is 31.6 Å². The van der Waals surface area contributed by atoms with Crippen molar-refractivity contribution < 1.29 is 14.2 Å². The molecule has 0 aliphatic carbocycles. The molecule has 1 aliphatic heterocycles. The third kappa shape index (κ3) is 3.09. The number of ether oxygens (including phenoxy) is 3. The monoisotopic (exact) mass is 292 g/mol. The fraction of sp³-hybridized carbons (Fsp3) is 0.667. The van der Waals surface area contributed by atoms with Crippen molar-refractivity contribution in [2.24, 2.45) is 0 Å². The first kappa shape index (κ1) is 16.3. The summed E-state index contributed by atoms with van der Waals surface area (Å²) in [6, 6.07) is 2.13. The summed E-state index contributed by atoms with van der Waals surface area (Å²) >= 11 is 0. The molecule has 0 N–H and O–H groups in total. The van der Waals surface area contributed by atoms with Crippen molar-refractivity contribution in [1.82, 2.24) is 0 Å². The molecule has 0 unspecified atom stereocenters. The molecule has 118 valence electrons. The summed E-state index contributed by atoms with van der Waals surface area (Å²) in [6.45, 7) is 12.8. The van der Waals surface area contributed by atoms with Gasteiger partial charge in [-0.05, 0) is 49.9 Å². The van der Waals surface area contributed by atoms with Gasteiger partial charge in [0.2, 0.25) is 0 Å². The van der Waals surface area contributed by atoms with E-state index in [1.165, 1.54) is 22.3 Å². The van der Waals surface area contributed by atoms with Crippen LogP contribution in [0.1, 0.15) is 55.4 Å². The van der Waals surface area contributed by atoms with E-state index in [0.29, 0.717) is 13.2 Å². The first-order valence-corrected chi connectivity index (χ1v) is 8.07. The van der Waals surface area contributed by atoms with Crippen LogP contribution < -0.4 is 4.74 Å². The highest BCUT2D eigenvalue weighted by molar-refractivity contribution is 5.50. The van der Waals surface area contributed by atoms with Crippen molar-refractivity contribution in [1.29, 1.82) is 0 Å². The highest BCUT2D eigenvalue weighted by Gasteiger charge is 2.40. The first-order chi connectivity index (χ1) is 10.1. The summed E-state index contributed by atoms with van der Waals surface area (Å²) in [5, 5.41) is 0. The Bertz CT molecular complexity index is 488. The summed E-state index contributed by atoms with van der Waals surface area (Å²) in [7, 11) is 0. The summed E-state index contributed by atoms with van der Waals surface area (Å²) in [5.41, 5.74) is 4.82. The van der Waals surface area contributed by atoms with Crippen LogP contribution in [0.25, 0.3) is 0 Å². The molecule has 1 heterocycles. The molecule has 0 amide bonds. The van der Waals surface area contributed by atoms with E-state index in [2.05, 4.69) is 40.7 Å². The lowest BCUT2D eigenvalue weighted by molar-refractivity contribution is -0.171. The molecular weight excluding hydrogens is 264 g/mol. The molecule has 1 aromatic carbocycles. The van der Waals surface area contributed by atoms with Crippen molar-refractivity contribution in [3.63, 3.8) is 0 Å².